The van der Waals surface area contributed by atoms with Crippen LogP contribution in [-0.4, -0.2) is 75.4 Å². The zero-order valence-corrected chi connectivity index (χ0v) is 22.2. The van der Waals surface area contributed by atoms with E-state index >= 15 is 0 Å². The summed E-state index contributed by atoms with van der Waals surface area (Å²) < 4.78 is 4.46. The third kappa shape index (κ3) is 4.01. The van der Waals surface area contributed by atoms with E-state index in [1.807, 2.05) is 13.8 Å². The number of aliphatic hydroxyl groups is 1. The maximum Gasteiger partial charge on any atom is 0.248 e. The zero-order chi connectivity index (χ0) is 24.8. The van der Waals surface area contributed by atoms with Crippen molar-refractivity contribution in [1.29, 1.82) is 0 Å². The smallest absolute Gasteiger partial charge is 0.248 e. The molecule has 1 spiro atoms. The minimum Gasteiger partial charge on any atom is -0.497 e. The number of carbonyl (C=O) groups excluding carboxylic acids is 3. The number of ether oxygens (including phenoxy) is 1. The van der Waals surface area contributed by atoms with Gasteiger partial charge in [-0.3, -0.25) is 14.4 Å². The Hall–Kier alpha value is -1.78. The van der Waals surface area contributed by atoms with Gasteiger partial charge in [-0.2, -0.15) is 0 Å². The largest absolute Gasteiger partial charge is 0.497 e. The van der Waals surface area contributed by atoms with Crippen LogP contribution in [0.4, 0.5) is 5.69 Å². The van der Waals surface area contributed by atoms with E-state index in [0.29, 0.717) is 24.3 Å². The highest BCUT2D eigenvalue weighted by Crippen LogP contribution is 2.68. The molecule has 3 N–H and O–H groups in total. The first-order valence-corrected chi connectivity index (χ1v) is 13.4. The fourth-order valence-corrected chi connectivity index (χ4v) is 9.53. The van der Waals surface area contributed by atoms with Gasteiger partial charge in [0.1, 0.15) is 11.8 Å². The van der Waals surface area contributed by atoms with Crippen molar-refractivity contribution in [3.8, 4) is 5.75 Å². The molecule has 3 aliphatic heterocycles. The molecule has 4 rings (SSSR count). The molecule has 3 unspecified atom stereocenters. The number of halogens is 1. The molecule has 8 nitrogen and oxygen atoms in total. The number of rotatable bonds is 8. The molecule has 1 aromatic carbocycles. The van der Waals surface area contributed by atoms with E-state index in [1.165, 1.54) is 0 Å². The van der Waals surface area contributed by atoms with Crippen LogP contribution in [0.2, 0.25) is 0 Å². The summed E-state index contributed by atoms with van der Waals surface area (Å²) in [7, 11) is 3.15. The average Bonchev–Trinajstić information content (AvgIpc) is 3.40. The molecule has 7 atom stereocenters. The second kappa shape index (κ2) is 9.70. The molecule has 2 bridgehead atoms. The number of aliphatic hydroxyl groups excluding tert-OH is 1. The summed E-state index contributed by atoms with van der Waals surface area (Å²) in [5.74, 6) is -0.930. The highest BCUT2D eigenvalue weighted by Gasteiger charge is 2.76. The number of hydrogen-bond acceptors (Lipinski definition) is 6. The van der Waals surface area contributed by atoms with E-state index in [9.17, 15) is 19.5 Å². The lowest BCUT2D eigenvalue weighted by Gasteiger charge is -2.37. The molecule has 34 heavy (non-hydrogen) atoms. The molecule has 0 aromatic heterocycles. The predicted octanol–water partition coefficient (Wildman–Crippen LogP) is 2.25. The van der Waals surface area contributed by atoms with Crippen molar-refractivity contribution in [2.24, 2.45) is 17.8 Å². The van der Waals surface area contributed by atoms with Crippen LogP contribution >= 0.6 is 27.7 Å². The molecule has 1 aromatic rings. The first kappa shape index (κ1) is 25.3. The van der Waals surface area contributed by atoms with Gasteiger partial charge in [0.15, 0.2) is 0 Å². The van der Waals surface area contributed by atoms with Gasteiger partial charge in [0.2, 0.25) is 17.7 Å². The molecule has 3 heterocycles. The number of alkyl halides is 1. The molecule has 3 aliphatic rings. The average molecular weight is 555 g/mol. The maximum absolute atomic E-state index is 14.0. The van der Waals surface area contributed by atoms with Gasteiger partial charge in [-0.1, -0.05) is 29.8 Å². The molecule has 3 fully saturated rings. The third-order valence-electron chi connectivity index (χ3n) is 7.23. The minimum atomic E-state index is -0.798. The number of nitrogens with zero attached hydrogens (tertiary/aromatic N) is 1. The number of methoxy groups -OCH3 is 1. The SMILES string of the molecule is CNC(=O)[C@H]1[C@@H]2SC3(CC2Br)C(C(=O)Nc2ccc(OC)cc2)N([C@@H](CO)CC(C)C)C(=O)[C@H]13. The van der Waals surface area contributed by atoms with Gasteiger partial charge in [-0.25, -0.2) is 0 Å². The van der Waals surface area contributed by atoms with Gasteiger partial charge in [-0.05, 0) is 43.0 Å². The Morgan fingerprint density at radius 3 is 2.53 bits per heavy atom. The molecular weight excluding hydrogens is 522 g/mol. The number of nitrogens with one attached hydrogen (secondary N) is 2. The van der Waals surface area contributed by atoms with Crippen LogP contribution in [0.1, 0.15) is 26.7 Å². The Labute approximate surface area is 212 Å². The summed E-state index contributed by atoms with van der Waals surface area (Å²) in [6.07, 6.45) is 1.16. The standard InChI is InChI=1S/C24H32BrN3O5S/c1-12(2)9-14(11-29)28-20(22(31)27-13-5-7-15(33-4)8-6-13)24-10-16(25)19(34-24)17(21(30)26-3)18(24)23(28)32/h5-8,12,14,16-20,29H,9-11H2,1-4H3,(H,26,30)(H,27,31)/t14-,16?,17-,18+,19-,20?,24?/m1/s1. The van der Waals surface area contributed by atoms with Crippen LogP contribution in [0, 0.1) is 17.8 Å². The van der Waals surface area contributed by atoms with Crippen LogP contribution < -0.4 is 15.4 Å². The summed E-state index contributed by atoms with van der Waals surface area (Å²) in [5.41, 5.74) is 0.596. The van der Waals surface area contributed by atoms with Crippen molar-refractivity contribution in [3.63, 3.8) is 0 Å². The number of carbonyl (C=O) groups is 3. The first-order chi connectivity index (χ1) is 16.2. The Kier molecular flexibility index (Phi) is 7.22. The van der Waals surface area contributed by atoms with Gasteiger partial charge in [0.05, 0.1) is 36.3 Å². The van der Waals surface area contributed by atoms with Gasteiger partial charge >= 0.3 is 0 Å². The maximum atomic E-state index is 14.0. The summed E-state index contributed by atoms with van der Waals surface area (Å²) in [6, 6.07) is 5.73. The molecule has 10 heteroatoms. The number of likely N-dealkylation sites (tertiary alicyclic amines) is 1. The fourth-order valence-electron chi connectivity index (χ4n) is 5.93. The Balaban J connectivity index is 1.75. The number of fused-ring (bicyclic) bond motifs is 1. The lowest BCUT2D eigenvalue weighted by molar-refractivity contribution is -0.142. The van der Waals surface area contributed by atoms with Crippen LogP contribution in [0.5, 0.6) is 5.75 Å². The Bertz CT molecular complexity index is 960. The van der Waals surface area contributed by atoms with Crippen molar-refractivity contribution in [2.45, 2.75) is 53.6 Å². The molecule has 3 saturated heterocycles. The van der Waals surface area contributed by atoms with Crippen LogP contribution in [0.3, 0.4) is 0 Å². The minimum absolute atomic E-state index is 0.0118. The summed E-state index contributed by atoms with van der Waals surface area (Å²) >= 11 is 5.32. The topological polar surface area (TPSA) is 108 Å². The van der Waals surface area contributed by atoms with Crippen LogP contribution in [0.25, 0.3) is 0 Å². The Morgan fingerprint density at radius 1 is 1.29 bits per heavy atom. The number of hydrogen-bond donors (Lipinski definition) is 3. The summed E-state index contributed by atoms with van der Waals surface area (Å²) in [5, 5.41) is 15.9. The van der Waals surface area contributed by atoms with Crippen molar-refractivity contribution in [3.05, 3.63) is 24.3 Å². The number of anilines is 1. The summed E-state index contributed by atoms with van der Waals surface area (Å²) in [4.78, 5) is 42.3. The molecular formula is C24H32BrN3O5S. The third-order valence-corrected chi connectivity index (χ3v) is 10.4. The molecule has 186 valence electrons. The predicted molar refractivity (Wildman–Crippen MR) is 135 cm³/mol. The van der Waals surface area contributed by atoms with Gasteiger partial charge < -0.3 is 25.4 Å². The molecule has 3 amide bonds. The van der Waals surface area contributed by atoms with Gasteiger partial charge in [0, 0.05) is 22.8 Å². The second-order valence-electron chi connectivity index (χ2n) is 9.71. The number of amides is 3. The molecule has 0 radical (unpaired) electrons. The van der Waals surface area contributed by atoms with Crippen molar-refractivity contribution in [2.75, 3.05) is 26.1 Å². The van der Waals surface area contributed by atoms with E-state index in [2.05, 4.69) is 26.6 Å². The van der Waals surface area contributed by atoms with E-state index in [4.69, 9.17) is 4.74 Å². The van der Waals surface area contributed by atoms with Crippen molar-refractivity contribution >= 4 is 51.1 Å². The highest BCUT2D eigenvalue weighted by molar-refractivity contribution is 9.09. The quantitative estimate of drug-likeness (QED) is 0.426. The first-order valence-electron chi connectivity index (χ1n) is 11.6. The highest BCUT2D eigenvalue weighted by atomic mass is 79.9. The summed E-state index contributed by atoms with van der Waals surface area (Å²) in [6.45, 7) is 3.81. The Morgan fingerprint density at radius 2 is 1.97 bits per heavy atom. The normalized spacial score (nSPS) is 32.6. The van der Waals surface area contributed by atoms with Crippen LogP contribution in [-0.2, 0) is 14.4 Å². The molecule has 0 aliphatic carbocycles. The second-order valence-corrected chi connectivity index (χ2v) is 12.4. The van der Waals surface area contributed by atoms with Gasteiger partial charge in [-0.15, -0.1) is 11.8 Å². The van der Waals surface area contributed by atoms with Crippen molar-refractivity contribution < 1.29 is 24.2 Å². The number of benzene rings is 1. The van der Waals surface area contributed by atoms with E-state index in [-0.39, 0.29) is 40.3 Å². The zero-order valence-electron chi connectivity index (χ0n) is 19.8. The fraction of sp³-hybridized carbons (Fsp3) is 0.625. The monoisotopic (exact) mass is 553 g/mol. The molecule has 0 saturated carbocycles. The lowest BCUT2D eigenvalue weighted by Crippen LogP contribution is -2.55. The van der Waals surface area contributed by atoms with Crippen molar-refractivity contribution in [1.82, 2.24) is 10.2 Å². The van der Waals surface area contributed by atoms with Gasteiger partial charge in [0.25, 0.3) is 0 Å². The van der Waals surface area contributed by atoms with E-state index in [1.54, 1.807) is 55.1 Å². The number of thioether (sulfide) groups is 1. The van der Waals surface area contributed by atoms with E-state index in [0.717, 1.165) is 0 Å². The van der Waals surface area contributed by atoms with E-state index < -0.39 is 28.7 Å². The lowest BCUT2D eigenvalue weighted by atomic mass is 9.70. The van der Waals surface area contributed by atoms with Crippen LogP contribution in [0.15, 0.2) is 24.3 Å².